The molecule has 5 heteroatoms. The van der Waals surface area contributed by atoms with Gasteiger partial charge >= 0.3 is 0 Å². The number of likely N-dealkylation sites (tertiary alicyclic amines) is 1. The number of rotatable bonds is 1. The number of piperidine rings is 1. The van der Waals surface area contributed by atoms with E-state index >= 15 is 0 Å². The van der Waals surface area contributed by atoms with Crippen LogP contribution in [-0.2, 0) is 17.9 Å². The standard InChI is InChI=1S/C12H17N3OS/c1-8(16)15-4-2-9(3-5-15)12-14-10-6-13-7-11(10)17-12/h9,13H,2-7H2,1H3. The summed E-state index contributed by atoms with van der Waals surface area (Å²) in [5.74, 6) is 0.774. The molecular weight excluding hydrogens is 234 g/mol. The second-order valence-electron chi connectivity index (χ2n) is 4.81. The normalized spacial score (nSPS) is 20.6. The highest BCUT2D eigenvalue weighted by molar-refractivity contribution is 7.11. The summed E-state index contributed by atoms with van der Waals surface area (Å²) in [7, 11) is 0. The molecule has 1 saturated heterocycles. The smallest absolute Gasteiger partial charge is 0.219 e. The van der Waals surface area contributed by atoms with Crippen molar-refractivity contribution in [2.24, 2.45) is 0 Å². The molecule has 4 nitrogen and oxygen atoms in total. The largest absolute Gasteiger partial charge is 0.343 e. The third kappa shape index (κ3) is 2.09. The Kier molecular flexibility index (Phi) is 2.88. The van der Waals surface area contributed by atoms with E-state index in [-0.39, 0.29) is 5.91 Å². The minimum Gasteiger partial charge on any atom is -0.343 e. The number of nitrogens with one attached hydrogen (secondary N) is 1. The summed E-state index contributed by atoms with van der Waals surface area (Å²) in [5, 5.41) is 4.61. The minimum absolute atomic E-state index is 0.203. The van der Waals surface area contributed by atoms with E-state index < -0.39 is 0 Å². The van der Waals surface area contributed by atoms with Crippen LogP contribution in [0.1, 0.15) is 41.3 Å². The summed E-state index contributed by atoms with van der Waals surface area (Å²) in [4.78, 5) is 19.4. The molecule has 2 aliphatic heterocycles. The Labute approximate surface area is 105 Å². The molecule has 0 atom stereocenters. The Morgan fingerprint density at radius 1 is 1.41 bits per heavy atom. The van der Waals surface area contributed by atoms with Crippen molar-refractivity contribution >= 4 is 17.2 Å². The van der Waals surface area contributed by atoms with Crippen LogP contribution < -0.4 is 5.32 Å². The van der Waals surface area contributed by atoms with Gasteiger partial charge in [-0.1, -0.05) is 0 Å². The monoisotopic (exact) mass is 251 g/mol. The maximum atomic E-state index is 11.3. The zero-order valence-electron chi connectivity index (χ0n) is 10.0. The van der Waals surface area contributed by atoms with E-state index in [1.807, 2.05) is 16.2 Å². The zero-order chi connectivity index (χ0) is 11.8. The lowest BCUT2D eigenvalue weighted by Gasteiger charge is -2.30. The van der Waals surface area contributed by atoms with E-state index in [0.717, 1.165) is 39.0 Å². The number of thiazole rings is 1. The first-order valence-electron chi connectivity index (χ1n) is 6.19. The Morgan fingerprint density at radius 3 is 2.82 bits per heavy atom. The van der Waals surface area contributed by atoms with Crippen LogP contribution in [0.4, 0.5) is 0 Å². The molecule has 0 saturated carbocycles. The topological polar surface area (TPSA) is 45.2 Å². The predicted molar refractivity (Wildman–Crippen MR) is 66.9 cm³/mol. The van der Waals surface area contributed by atoms with Crippen LogP contribution in [0.3, 0.4) is 0 Å². The number of nitrogens with zero attached hydrogens (tertiary/aromatic N) is 2. The summed E-state index contributed by atoms with van der Waals surface area (Å²) >= 11 is 1.86. The number of fused-ring (bicyclic) bond motifs is 1. The molecule has 1 amide bonds. The lowest BCUT2D eigenvalue weighted by Crippen LogP contribution is -2.36. The maximum absolute atomic E-state index is 11.3. The van der Waals surface area contributed by atoms with Crippen molar-refractivity contribution in [3.8, 4) is 0 Å². The second kappa shape index (κ2) is 4.38. The summed E-state index contributed by atoms with van der Waals surface area (Å²) in [6.45, 7) is 5.35. The molecule has 0 spiro atoms. The van der Waals surface area contributed by atoms with Gasteiger partial charge < -0.3 is 10.2 Å². The third-order valence-corrected chi connectivity index (χ3v) is 4.92. The van der Waals surface area contributed by atoms with Crippen molar-refractivity contribution < 1.29 is 4.79 Å². The van der Waals surface area contributed by atoms with E-state index in [0.29, 0.717) is 5.92 Å². The van der Waals surface area contributed by atoms with E-state index in [9.17, 15) is 4.79 Å². The average molecular weight is 251 g/mol. The van der Waals surface area contributed by atoms with Crippen LogP contribution in [0.25, 0.3) is 0 Å². The van der Waals surface area contributed by atoms with Crippen molar-refractivity contribution in [1.82, 2.24) is 15.2 Å². The molecule has 1 aromatic heterocycles. The highest BCUT2D eigenvalue weighted by Gasteiger charge is 2.26. The average Bonchev–Trinajstić information content (AvgIpc) is 2.89. The molecule has 1 fully saturated rings. The van der Waals surface area contributed by atoms with Crippen LogP contribution >= 0.6 is 11.3 Å². The fraction of sp³-hybridized carbons (Fsp3) is 0.667. The Hall–Kier alpha value is -0.940. The number of aromatic nitrogens is 1. The second-order valence-corrected chi connectivity index (χ2v) is 5.92. The molecule has 2 aliphatic rings. The van der Waals surface area contributed by atoms with Crippen LogP contribution in [0.5, 0.6) is 0 Å². The van der Waals surface area contributed by atoms with Crippen molar-refractivity contribution in [3.63, 3.8) is 0 Å². The van der Waals surface area contributed by atoms with E-state index in [1.54, 1.807) is 6.92 Å². The van der Waals surface area contributed by atoms with Gasteiger partial charge in [0.1, 0.15) is 0 Å². The molecule has 17 heavy (non-hydrogen) atoms. The van der Waals surface area contributed by atoms with Gasteiger partial charge in [-0.2, -0.15) is 0 Å². The SMILES string of the molecule is CC(=O)N1CCC(c2nc3c(s2)CNC3)CC1. The van der Waals surface area contributed by atoms with Crippen LogP contribution in [0.2, 0.25) is 0 Å². The van der Waals surface area contributed by atoms with Gasteiger partial charge in [0.05, 0.1) is 10.7 Å². The number of hydrogen-bond donors (Lipinski definition) is 1. The van der Waals surface area contributed by atoms with Crippen molar-refractivity contribution in [1.29, 1.82) is 0 Å². The summed E-state index contributed by atoms with van der Waals surface area (Å²) < 4.78 is 0. The lowest BCUT2D eigenvalue weighted by atomic mass is 9.97. The molecular formula is C12H17N3OS. The fourth-order valence-corrected chi connectivity index (χ4v) is 3.81. The minimum atomic E-state index is 0.203. The van der Waals surface area contributed by atoms with E-state index in [2.05, 4.69) is 5.32 Å². The molecule has 0 unspecified atom stereocenters. The molecule has 92 valence electrons. The van der Waals surface area contributed by atoms with Crippen LogP contribution in [0, 0.1) is 0 Å². The number of hydrogen-bond acceptors (Lipinski definition) is 4. The van der Waals surface area contributed by atoms with Gasteiger partial charge in [-0.15, -0.1) is 11.3 Å². The predicted octanol–water partition coefficient (Wildman–Crippen LogP) is 1.47. The van der Waals surface area contributed by atoms with Gasteiger partial charge in [-0.3, -0.25) is 4.79 Å². The highest BCUT2D eigenvalue weighted by atomic mass is 32.1. The van der Waals surface area contributed by atoms with Crippen molar-refractivity contribution in [3.05, 3.63) is 15.6 Å². The molecule has 0 bridgehead atoms. The van der Waals surface area contributed by atoms with E-state index in [1.165, 1.54) is 15.6 Å². The molecule has 3 heterocycles. The Morgan fingerprint density at radius 2 is 2.18 bits per heavy atom. The first-order valence-corrected chi connectivity index (χ1v) is 7.00. The van der Waals surface area contributed by atoms with Gasteiger partial charge in [0.25, 0.3) is 0 Å². The van der Waals surface area contributed by atoms with Crippen molar-refractivity contribution in [2.75, 3.05) is 13.1 Å². The summed E-state index contributed by atoms with van der Waals surface area (Å²) in [5.41, 5.74) is 1.25. The van der Waals surface area contributed by atoms with Crippen molar-refractivity contribution in [2.45, 2.75) is 38.8 Å². The van der Waals surface area contributed by atoms with Crippen LogP contribution in [-0.4, -0.2) is 28.9 Å². The van der Waals surface area contributed by atoms with Gasteiger partial charge in [0.2, 0.25) is 5.91 Å². The molecule has 1 aromatic rings. The fourth-order valence-electron chi connectivity index (χ4n) is 2.59. The van der Waals surface area contributed by atoms with Gasteiger partial charge in [-0.25, -0.2) is 4.98 Å². The Bertz CT molecular complexity index is 413. The number of amides is 1. The maximum Gasteiger partial charge on any atom is 0.219 e. The van der Waals surface area contributed by atoms with E-state index in [4.69, 9.17) is 4.98 Å². The number of carbonyl (C=O) groups excluding carboxylic acids is 1. The molecule has 0 aliphatic carbocycles. The molecule has 0 aromatic carbocycles. The van der Waals surface area contributed by atoms with Gasteiger partial charge in [0, 0.05) is 43.9 Å². The molecule has 1 N–H and O–H groups in total. The lowest BCUT2D eigenvalue weighted by molar-refractivity contribution is -0.129. The van der Waals surface area contributed by atoms with Crippen LogP contribution in [0.15, 0.2) is 0 Å². The molecule has 3 rings (SSSR count). The highest BCUT2D eigenvalue weighted by Crippen LogP contribution is 2.33. The van der Waals surface area contributed by atoms with Gasteiger partial charge in [-0.05, 0) is 12.8 Å². The number of carbonyl (C=O) groups is 1. The third-order valence-electron chi connectivity index (χ3n) is 3.66. The first-order chi connectivity index (χ1) is 8.24. The first kappa shape index (κ1) is 11.2. The summed E-state index contributed by atoms with van der Waals surface area (Å²) in [6.07, 6.45) is 2.14. The van der Waals surface area contributed by atoms with Gasteiger partial charge in [0.15, 0.2) is 0 Å². The zero-order valence-corrected chi connectivity index (χ0v) is 10.8. The summed E-state index contributed by atoms with van der Waals surface area (Å²) in [6, 6.07) is 0. The Balaban J connectivity index is 1.68. The quantitative estimate of drug-likeness (QED) is 0.822. The molecule has 0 radical (unpaired) electrons.